The Kier molecular flexibility index (Phi) is 3.20. The van der Waals surface area contributed by atoms with E-state index in [0.29, 0.717) is 12.1 Å². The summed E-state index contributed by atoms with van der Waals surface area (Å²) in [5, 5.41) is 2.99. The van der Waals surface area contributed by atoms with E-state index < -0.39 is 0 Å². The molecule has 1 aromatic carbocycles. The van der Waals surface area contributed by atoms with Gasteiger partial charge in [0.25, 0.3) is 0 Å². The molecule has 1 aromatic heterocycles. The first-order chi connectivity index (χ1) is 8.20. The van der Waals surface area contributed by atoms with E-state index >= 15 is 0 Å². The molecule has 6 heteroatoms. The van der Waals surface area contributed by atoms with Crippen molar-refractivity contribution in [2.75, 3.05) is 11.1 Å². The number of para-hydroxylation sites is 1. The molecule has 5 nitrogen and oxygen atoms in total. The molecule has 2 rings (SSSR count). The van der Waals surface area contributed by atoms with Crippen molar-refractivity contribution >= 4 is 35.3 Å². The highest BCUT2D eigenvalue weighted by Gasteiger charge is 2.11. The predicted molar refractivity (Wildman–Crippen MR) is 66.6 cm³/mol. The number of aldehydes is 1. The summed E-state index contributed by atoms with van der Waals surface area (Å²) < 4.78 is 0. The van der Waals surface area contributed by atoms with Gasteiger partial charge in [0.2, 0.25) is 5.95 Å². The number of hydrogen-bond donors (Lipinski definition) is 2. The molecule has 0 aliphatic heterocycles. The first kappa shape index (κ1) is 11.3. The number of rotatable bonds is 3. The molecule has 2 aromatic rings. The van der Waals surface area contributed by atoms with Crippen molar-refractivity contribution in [3.05, 3.63) is 41.0 Å². The Labute approximate surface area is 103 Å². The minimum absolute atomic E-state index is 0.0130. The van der Waals surface area contributed by atoms with Crippen molar-refractivity contribution in [2.24, 2.45) is 0 Å². The van der Waals surface area contributed by atoms with Crippen molar-refractivity contribution < 1.29 is 4.79 Å². The molecule has 0 bridgehead atoms. The van der Waals surface area contributed by atoms with Gasteiger partial charge in [-0.3, -0.25) is 4.79 Å². The number of carbonyl (C=O) groups excluding carboxylic acids is 1. The van der Waals surface area contributed by atoms with Gasteiger partial charge in [-0.25, -0.2) is 4.98 Å². The Morgan fingerprint density at radius 2 is 1.94 bits per heavy atom. The van der Waals surface area contributed by atoms with Crippen LogP contribution in [0.15, 0.2) is 30.3 Å². The molecule has 0 aliphatic carbocycles. The Morgan fingerprint density at radius 1 is 1.24 bits per heavy atom. The van der Waals surface area contributed by atoms with Crippen LogP contribution in [0.4, 0.5) is 17.5 Å². The second kappa shape index (κ2) is 4.80. The molecule has 3 N–H and O–H groups in total. The zero-order chi connectivity index (χ0) is 12.3. The third-order valence-electron chi connectivity index (χ3n) is 2.07. The monoisotopic (exact) mass is 248 g/mol. The minimum atomic E-state index is 0.0130. The van der Waals surface area contributed by atoms with Gasteiger partial charge in [0.05, 0.1) is 5.56 Å². The van der Waals surface area contributed by atoms with Crippen LogP contribution in [0, 0.1) is 0 Å². The van der Waals surface area contributed by atoms with Crippen molar-refractivity contribution in [1.29, 1.82) is 0 Å². The van der Waals surface area contributed by atoms with E-state index in [-0.39, 0.29) is 16.7 Å². The highest BCUT2D eigenvalue weighted by molar-refractivity contribution is 6.32. The second-order valence-corrected chi connectivity index (χ2v) is 3.60. The number of nitrogens with two attached hydrogens (primary N) is 1. The number of carbonyl (C=O) groups is 1. The van der Waals surface area contributed by atoms with Gasteiger partial charge < -0.3 is 11.1 Å². The van der Waals surface area contributed by atoms with E-state index in [4.69, 9.17) is 17.3 Å². The van der Waals surface area contributed by atoms with Gasteiger partial charge >= 0.3 is 0 Å². The van der Waals surface area contributed by atoms with Crippen LogP contribution in [0.3, 0.4) is 0 Å². The normalized spacial score (nSPS) is 9.94. The van der Waals surface area contributed by atoms with Gasteiger partial charge in [0.1, 0.15) is 11.0 Å². The van der Waals surface area contributed by atoms with Crippen molar-refractivity contribution in [3.63, 3.8) is 0 Å². The average molecular weight is 249 g/mol. The second-order valence-electron chi connectivity index (χ2n) is 3.24. The van der Waals surface area contributed by atoms with Gasteiger partial charge in [-0.1, -0.05) is 29.8 Å². The van der Waals surface area contributed by atoms with E-state index in [1.165, 1.54) is 0 Å². The van der Waals surface area contributed by atoms with Crippen LogP contribution >= 0.6 is 11.6 Å². The Bertz CT molecular complexity index is 545. The Hall–Kier alpha value is -2.14. The standard InChI is InChI=1S/C11H9ClN4O/c12-9-8(6-17)10(16-11(13)15-9)14-7-4-2-1-3-5-7/h1-6H,(H3,13,14,15,16). The third kappa shape index (κ3) is 2.51. The molecule has 1 heterocycles. The first-order valence-electron chi connectivity index (χ1n) is 4.81. The van der Waals surface area contributed by atoms with Gasteiger partial charge in [-0.15, -0.1) is 0 Å². The van der Waals surface area contributed by atoms with E-state index in [2.05, 4.69) is 15.3 Å². The van der Waals surface area contributed by atoms with Crippen molar-refractivity contribution in [2.45, 2.75) is 0 Å². The predicted octanol–water partition coefficient (Wildman–Crippen LogP) is 2.27. The summed E-state index contributed by atoms with van der Waals surface area (Å²) in [6.45, 7) is 0. The van der Waals surface area contributed by atoms with E-state index in [0.717, 1.165) is 5.69 Å². The van der Waals surface area contributed by atoms with Crippen LogP contribution in [0.5, 0.6) is 0 Å². The van der Waals surface area contributed by atoms with E-state index in [9.17, 15) is 4.79 Å². The minimum Gasteiger partial charge on any atom is -0.368 e. The Balaban J connectivity index is 2.41. The molecule has 0 aliphatic rings. The summed E-state index contributed by atoms with van der Waals surface area (Å²) in [5.41, 5.74) is 6.44. The molecular weight excluding hydrogens is 240 g/mol. The van der Waals surface area contributed by atoms with Crippen molar-refractivity contribution in [3.8, 4) is 0 Å². The summed E-state index contributed by atoms with van der Waals surface area (Å²) >= 11 is 5.80. The third-order valence-corrected chi connectivity index (χ3v) is 2.36. The molecule has 86 valence electrons. The lowest BCUT2D eigenvalue weighted by atomic mass is 10.3. The van der Waals surface area contributed by atoms with E-state index in [1.54, 1.807) is 0 Å². The average Bonchev–Trinajstić information content (AvgIpc) is 2.30. The number of anilines is 3. The lowest BCUT2D eigenvalue weighted by molar-refractivity contribution is 0.112. The van der Waals surface area contributed by atoms with Crippen LogP contribution in [0.2, 0.25) is 5.15 Å². The molecule has 0 unspecified atom stereocenters. The van der Waals surface area contributed by atoms with Crippen LogP contribution < -0.4 is 11.1 Å². The molecule has 0 saturated carbocycles. The van der Waals surface area contributed by atoms with Crippen LogP contribution in [0.25, 0.3) is 0 Å². The number of halogens is 1. The largest absolute Gasteiger partial charge is 0.368 e. The molecule has 0 saturated heterocycles. The highest BCUT2D eigenvalue weighted by atomic mass is 35.5. The molecule has 17 heavy (non-hydrogen) atoms. The summed E-state index contributed by atoms with van der Waals surface area (Å²) in [6, 6.07) is 9.26. The van der Waals surface area contributed by atoms with E-state index in [1.807, 2.05) is 30.3 Å². The SMILES string of the molecule is Nc1nc(Cl)c(C=O)c(Nc2ccccc2)n1. The zero-order valence-corrected chi connectivity index (χ0v) is 9.48. The fourth-order valence-electron chi connectivity index (χ4n) is 1.32. The molecular formula is C11H9ClN4O. The fourth-order valence-corrected chi connectivity index (χ4v) is 1.54. The molecule has 0 atom stereocenters. The summed E-state index contributed by atoms with van der Waals surface area (Å²) in [4.78, 5) is 18.6. The van der Waals surface area contributed by atoms with Gasteiger partial charge in [-0.2, -0.15) is 4.98 Å². The number of aromatic nitrogens is 2. The number of nitrogens with zero attached hydrogens (tertiary/aromatic N) is 2. The van der Waals surface area contributed by atoms with Gasteiger partial charge in [-0.05, 0) is 12.1 Å². The molecule has 0 radical (unpaired) electrons. The number of nitrogen functional groups attached to an aromatic ring is 1. The smallest absolute Gasteiger partial charge is 0.223 e. The lowest BCUT2D eigenvalue weighted by Crippen LogP contribution is -2.04. The van der Waals surface area contributed by atoms with Gasteiger partial charge in [0, 0.05) is 5.69 Å². The highest BCUT2D eigenvalue weighted by Crippen LogP contribution is 2.23. The maximum absolute atomic E-state index is 10.9. The number of nitrogens with one attached hydrogen (secondary N) is 1. The Morgan fingerprint density at radius 3 is 2.59 bits per heavy atom. The topological polar surface area (TPSA) is 80.9 Å². The van der Waals surface area contributed by atoms with Gasteiger partial charge in [0.15, 0.2) is 6.29 Å². The summed E-state index contributed by atoms with van der Waals surface area (Å²) in [5.74, 6) is 0.308. The number of benzene rings is 1. The van der Waals surface area contributed by atoms with Crippen molar-refractivity contribution in [1.82, 2.24) is 9.97 Å². The van der Waals surface area contributed by atoms with Crippen LogP contribution in [-0.4, -0.2) is 16.3 Å². The summed E-state index contributed by atoms with van der Waals surface area (Å²) in [7, 11) is 0. The molecule has 0 spiro atoms. The maximum Gasteiger partial charge on any atom is 0.223 e. The van der Waals surface area contributed by atoms with Crippen LogP contribution in [-0.2, 0) is 0 Å². The lowest BCUT2D eigenvalue weighted by Gasteiger charge is -2.08. The quantitative estimate of drug-likeness (QED) is 0.643. The van der Waals surface area contributed by atoms with Crippen LogP contribution in [0.1, 0.15) is 10.4 Å². The fraction of sp³-hybridized carbons (Fsp3) is 0. The number of hydrogen-bond acceptors (Lipinski definition) is 5. The molecule has 0 fully saturated rings. The first-order valence-corrected chi connectivity index (χ1v) is 5.19. The molecule has 0 amide bonds. The zero-order valence-electron chi connectivity index (χ0n) is 8.72. The maximum atomic E-state index is 10.9. The summed E-state index contributed by atoms with van der Waals surface area (Å²) in [6.07, 6.45) is 0.590.